The Kier molecular flexibility index (Phi) is 2.88. The van der Waals surface area contributed by atoms with E-state index in [0.717, 1.165) is 21.8 Å². The smallest absolute Gasteiger partial charge is 0.244 e. The molecule has 0 radical (unpaired) electrons. The first-order valence-electron chi connectivity index (χ1n) is 8.20. The van der Waals surface area contributed by atoms with Gasteiger partial charge in [0, 0.05) is 12.3 Å². The SMILES string of the molecule is CC(=O)n1c2c(c3ccccc31)=NN1C[C@@H](c3ccccc3)N=C1N=2. The van der Waals surface area contributed by atoms with Crippen LogP contribution in [0, 0.1) is 0 Å². The summed E-state index contributed by atoms with van der Waals surface area (Å²) < 4.78 is 1.61. The number of aliphatic imine (C=N–C) groups is 1. The van der Waals surface area contributed by atoms with Crippen molar-refractivity contribution in [1.29, 1.82) is 0 Å². The first-order chi connectivity index (χ1) is 12.2. The lowest BCUT2D eigenvalue weighted by molar-refractivity contribution is 0.0937. The third-order valence-corrected chi connectivity index (χ3v) is 4.60. The third kappa shape index (κ3) is 2.04. The van der Waals surface area contributed by atoms with Crippen molar-refractivity contribution >= 4 is 22.8 Å². The van der Waals surface area contributed by atoms with Crippen LogP contribution < -0.4 is 10.8 Å². The van der Waals surface area contributed by atoms with Crippen LogP contribution in [0.2, 0.25) is 0 Å². The number of benzene rings is 2. The summed E-state index contributed by atoms with van der Waals surface area (Å²) in [5.74, 6) is 0.481. The quantitative estimate of drug-likeness (QED) is 0.684. The number of para-hydroxylation sites is 1. The van der Waals surface area contributed by atoms with E-state index in [9.17, 15) is 4.79 Å². The predicted octanol–water partition coefficient (Wildman–Crippen LogP) is 1.88. The molecule has 122 valence electrons. The molecule has 0 spiro atoms. The Labute approximate surface area is 143 Å². The molecule has 2 aliphatic heterocycles. The van der Waals surface area contributed by atoms with E-state index in [1.807, 2.05) is 47.5 Å². The Morgan fingerprint density at radius 3 is 2.64 bits per heavy atom. The molecule has 0 N–H and O–H groups in total. The molecule has 0 bridgehead atoms. The van der Waals surface area contributed by atoms with Crippen molar-refractivity contribution in [3.05, 3.63) is 71.0 Å². The van der Waals surface area contributed by atoms with Crippen LogP contribution >= 0.6 is 0 Å². The number of hydrogen-bond acceptors (Lipinski definition) is 5. The Bertz CT molecular complexity index is 1160. The molecule has 1 aromatic heterocycles. The Hall–Kier alpha value is -3.28. The number of fused-ring (bicyclic) bond motifs is 4. The zero-order valence-electron chi connectivity index (χ0n) is 13.6. The second-order valence-corrected chi connectivity index (χ2v) is 6.19. The van der Waals surface area contributed by atoms with E-state index in [-0.39, 0.29) is 11.9 Å². The molecule has 0 unspecified atom stereocenters. The van der Waals surface area contributed by atoms with Gasteiger partial charge in [-0.1, -0.05) is 48.5 Å². The highest BCUT2D eigenvalue weighted by molar-refractivity contribution is 5.92. The summed E-state index contributed by atoms with van der Waals surface area (Å²) in [7, 11) is 0. The van der Waals surface area contributed by atoms with Gasteiger partial charge in [-0.2, -0.15) is 10.1 Å². The van der Waals surface area contributed by atoms with Crippen molar-refractivity contribution < 1.29 is 4.79 Å². The van der Waals surface area contributed by atoms with Crippen LogP contribution in [0.1, 0.15) is 23.3 Å². The summed E-state index contributed by atoms with van der Waals surface area (Å²) in [6.45, 7) is 2.19. The molecule has 1 atom stereocenters. The highest BCUT2D eigenvalue weighted by Crippen LogP contribution is 2.25. The van der Waals surface area contributed by atoms with Gasteiger partial charge in [-0.25, -0.2) is 10.0 Å². The van der Waals surface area contributed by atoms with E-state index in [0.29, 0.717) is 18.0 Å². The van der Waals surface area contributed by atoms with E-state index in [1.165, 1.54) is 6.92 Å². The van der Waals surface area contributed by atoms with Gasteiger partial charge in [0.25, 0.3) is 0 Å². The van der Waals surface area contributed by atoms with E-state index in [4.69, 9.17) is 10.1 Å². The molecule has 0 fully saturated rings. The summed E-state index contributed by atoms with van der Waals surface area (Å²) in [5.41, 5.74) is 2.53. The number of guanidine groups is 1. The lowest BCUT2D eigenvalue weighted by Gasteiger charge is -2.14. The monoisotopic (exact) mass is 329 g/mol. The molecule has 3 aromatic rings. The van der Waals surface area contributed by atoms with Gasteiger partial charge in [0.1, 0.15) is 5.36 Å². The van der Waals surface area contributed by atoms with Gasteiger partial charge in [-0.3, -0.25) is 9.36 Å². The number of nitrogens with zero attached hydrogens (tertiary/aromatic N) is 5. The van der Waals surface area contributed by atoms with Crippen LogP contribution in [0.15, 0.2) is 69.7 Å². The molecule has 2 aromatic carbocycles. The number of carbonyl (C=O) groups excluding carboxylic acids is 1. The Morgan fingerprint density at radius 2 is 1.84 bits per heavy atom. The largest absolute Gasteiger partial charge is 0.274 e. The minimum atomic E-state index is -0.0805. The predicted molar refractivity (Wildman–Crippen MR) is 93.9 cm³/mol. The fraction of sp³-hybridized carbons (Fsp3) is 0.158. The minimum Gasteiger partial charge on any atom is -0.274 e. The van der Waals surface area contributed by atoms with Crippen molar-refractivity contribution in [3.63, 3.8) is 0 Å². The number of carbonyl (C=O) groups is 1. The van der Waals surface area contributed by atoms with E-state index in [2.05, 4.69) is 17.1 Å². The van der Waals surface area contributed by atoms with E-state index < -0.39 is 0 Å². The fourth-order valence-electron chi connectivity index (χ4n) is 3.46. The molecule has 5 rings (SSSR count). The average Bonchev–Trinajstić information content (AvgIpc) is 3.19. The maximum absolute atomic E-state index is 12.2. The zero-order valence-corrected chi connectivity index (χ0v) is 13.6. The summed E-state index contributed by atoms with van der Waals surface area (Å²) >= 11 is 0. The van der Waals surface area contributed by atoms with E-state index in [1.54, 1.807) is 4.57 Å². The van der Waals surface area contributed by atoms with Crippen LogP contribution in [-0.2, 0) is 0 Å². The molecule has 3 heterocycles. The minimum absolute atomic E-state index is 0.00440. The maximum atomic E-state index is 12.2. The molecular formula is C19H15N5O. The molecule has 25 heavy (non-hydrogen) atoms. The summed E-state index contributed by atoms with van der Waals surface area (Å²) in [5, 5.41) is 8.24. The maximum Gasteiger partial charge on any atom is 0.244 e. The van der Waals surface area contributed by atoms with Crippen LogP contribution in [0.4, 0.5) is 0 Å². The topological polar surface area (TPSA) is 62.3 Å². The van der Waals surface area contributed by atoms with Crippen molar-refractivity contribution in [2.45, 2.75) is 13.0 Å². The highest BCUT2D eigenvalue weighted by Gasteiger charge is 2.29. The van der Waals surface area contributed by atoms with Gasteiger partial charge in [0.2, 0.25) is 11.9 Å². The second kappa shape index (κ2) is 5.11. The Balaban J connectivity index is 1.73. The highest BCUT2D eigenvalue weighted by atomic mass is 16.1. The standard InChI is InChI=1S/C19H15N5O/c1-12(25)24-16-10-6-5-9-14(16)17-18(24)21-19-20-15(11-23(19)22-17)13-7-3-2-4-8-13/h2-10,15H,11H2,1H3/t15-/m0/s1. The van der Waals surface area contributed by atoms with Crippen LogP contribution in [-0.4, -0.2) is 28.0 Å². The third-order valence-electron chi connectivity index (χ3n) is 4.60. The lowest BCUT2D eigenvalue weighted by Crippen LogP contribution is -2.41. The van der Waals surface area contributed by atoms with Crippen molar-refractivity contribution in [2.75, 3.05) is 6.54 Å². The molecule has 0 saturated carbocycles. The van der Waals surface area contributed by atoms with Crippen molar-refractivity contribution in [3.8, 4) is 0 Å². The van der Waals surface area contributed by atoms with Gasteiger partial charge in [0.05, 0.1) is 18.1 Å². The van der Waals surface area contributed by atoms with Gasteiger partial charge < -0.3 is 0 Å². The molecule has 6 nitrogen and oxygen atoms in total. The molecule has 0 saturated heterocycles. The summed E-state index contributed by atoms with van der Waals surface area (Å²) in [4.78, 5) is 21.6. The molecular weight excluding hydrogens is 314 g/mol. The number of rotatable bonds is 1. The normalized spacial score (nSPS) is 18.2. The molecule has 0 aliphatic carbocycles. The van der Waals surface area contributed by atoms with Crippen LogP contribution in [0.25, 0.3) is 10.9 Å². The molecule has 6 heteroatoms. The van der Waals surface area contributed by atoms with Gasteiger partial charge >= 0.3 is 0 Å². The fourth-order valence-corrected chi connectivity index (χ4v) is 3.46. The van der Waals surface area contributed by atoms with Crippen LogP contribution in [0.5, 0.6) is 0 Å². The molecule has 0 amide bonds. The zero-order chi connectivity index (χ0) is 17.0. The lowest BCUT2D eigenvalue weighted by atomic mass is 10.1. The number of hydrogen-bond donors (Lipinski definition) is 0. The first kappa shape index (κ1) is 14.1. The summed E-state index contributed by atoms with van der Waals surface area (Å²) in [6.07, 6.45) is 0. The van der Waals surface area contributed by atoms with Gasteiger partial charge in [0.15, 0.2) is 5.49 Å². The second-order valence-electron chi connectivity index (χ2n) is 6.19. The summed E-state index contributed by atoms with van der Waals surface area (Å²) in [6, 6.07) is 17.9. The van der Waals surface area contributed by atoms with Gasteiger partial charge in [-0.15, -0.1) is 0 Å². The van der Waals surface area contributed by atoms with Crippen molar-refractivity contribution in [2.24, 2.45) is 15.1 Å². The number of aromatic nitrogens is 1. The Morgan fingerprint density at radius 1 is 1.08 bits per heavy atom. The molecule has 2 aliphatic rings. The van der Waals surface area contributed by atoms with E-state index >= 15 is 0 Å². The average molecular weight is 329 g/mol. The van der Waals surface area contributed by atoms with Crippen molar-refractivity contribution in [1.82, 2.24) is 9.58 Å². The van der Waals surface area contributed by atoms with Crippen LogP contribution in [0.3, 0.4) is 0 Å². The van der Waals surface area contributed by atoms with Gasteiger partial charge in [-0.05, 0) is 11.6 Å². The first-order valence-corrected chi connectivity index (χ1v) is 8.20.